The van der Waals surface area contributed by atoms with Crippen molar-refractivity contribution < 1.29 is 0 Å². The van der Waals surface area contributed by atoms with Gasteiger partial charge in [0.25, 0.3) is 0 Å². The average molecular weight is 248 g/mol. The zero-order chi connectivity index (χ0) is 13.2. The molecule has 4 heteroatoms. The molecule has 100 valence electrons. The van der Waals surface area contributed by atoms with E-state index in [1.165, 1.54) is 19.3 Å². The van der Waals surface area contributed by atoms with E-state index in [0.29, 0.717) is 11.1 Å². The molecule has 1 aliphatic rings. The highest BCUT2D eigenvalue weighted by molar-refractivity contribution is 5.60. The van der Waals surface area contributed by atoms with Crippen molar-refractivity contribution in [3.63, 3.8) is 0 Å². The molecule has 1 fully saturated rings. The quantitative estimate of drug-likeness (QED) is 0.830. The minimum atomic E-state index is 0.396. The Balaban J connectivity index is 2.08. The van der Waals surface area contributed by atoms with Crippen molar-refractivity contribution in [3.8, 4) is 0 Å². The molecule has 2 rings (SSSR count). The summed E-state index contributed by atoms with van der Waals surface area (Å²) in [6.45, 7) is 9.11. The first-order chi connectivity index (χ1) is 8.48. The third-order valence-electron chi connectivity index (χ3n) is 3.97. The van der Waals surface area contributed by atoms with E-state index in [0.717, 1.165) is 24.8 Å². The van der Waals surface area contributed by atoms with Gasteiger partial charge in [-0.1, -0.05) is 20.8 Å². The fourth-order valence-electron chi connectivity index (χ4n) is 2.77. The maximum absolute atomic E-state index is 5.96. The van der Waals surface area contributed by atoms with E-state index in [1.807, 2.05) is 0 Å². The van der Waals surface area contributed by atoms with Crippen LogP contribution < -0.4 is 10.6 Å². The van der Waals surface area contributed by atoms with Crippen molar-refractivity contribution in [2.24, 2.45) is 11.3 Å². The van der Waals surface area contributed by atoms with Crippen LogP contribution in [0.5, 0.6) is 0 Å². The molecule has 0 amide bonds. The Kier molecular flexibility index (Phi) is 3.73. The van der Waals surface area contributed by atoms with Gasteiger partial charge >= 0.3 is 0 Å². The summed E-state index contributed by atoms with van der Waals surface area (Å²) in [7, 11) is 0. The largest absolute Gasteiger partial charge is 0.394 e. The summed E-state index contributed by atoms with van der Waals surface area (Å²) >= 11 is 0. The zero-order valence-electron chi connectivity index (χ0n) is 11.7. The lowest BCUT2D eigenvalue weighted by Gasteiger charge is -2.30. The van der Waals surface area contributed by atoms with Crippen LogP contribution in [-0.2, 0) is 0 Å². The summed E-state index contributed by atoms with van der Waals surface area (Å²) in [5.41, 5.74) is 7.04. The fourth-order valence-corrected chi connectivity index (χ4v) is 2.77. The molecule has 1 aromatic rings. The van der Waals surface area contributed by atoms with Crippen LogP contribution in [0.2, 0.25) is 0 Å². The number of anilines is 2. The summed E-state index contributed by atoms with van der Waals surface area (Å²) in [6.07, 6.45) is 7.00. The molecule has 0 aromatic carbocycles. The van der Waals surface area contributed by atoms with Crippen LogP contribution in [0, 0.1) is 11.3 Å². The standard InChI is InChI=1S/C14H24N4/c1-14(2,3)11-5-4-7-18(8-6-11)13-12(15)9-16-10-17-13/h9-11H,4-8,15H2,1-3H3. The first-order valence-corrected chi connectivity index (χ1v) is 6.79. The molecule has 2 heterocycles. The minimum Gasteiger partial charge on any atom is -0.394 e. The van der Waals surface area contributed by atoms with Crippen molar-refractivity contribution in [2.45, 2.75) is 40.0 Å². The summed E-state index contributed by atoms with van der Waals surface area (Å²) in [4.78, 5) is 10.6. The van der Waals surface area contributed by atoms with Crippen molar-refractivity contribution in [1.82, 2.24) is 9.97 Å². The monoisotopic (exact) mass is 248 g/mol. The van der Waals surface area contributed by atoms with Crippen LogP contribution in [-0.4, -0.2) is 23.1 Å². The highest BCUT2D eigenvalue weighted by atomic mass is 15.2. The number of hydrogen-bond donors (Lipinski definition) is 1. The Hall–Kier alpha value is -1.32. The average Bonchev–Trinajstić information content (AvgIpc) is 2.54. The second kappa shape index (κ2) is 5.12. The summed E-state index contributed by atoms with van der Waals surface area (Å²) < 4.78 is 0. The van der Waals surface area contributed by atoms with Gasteiger partial charge in [0.1, 0.15) is 6.33 Å². The number of nitrogen functional groups attached to an aromatic ring is 1. The smallest absolute Gasteiger partial charge is 0.155 e. The van der Waals surface area contributed by atoms with E-state index in [1.54, 1.807) is 12.5 Å². The van der Waals surface area contributed by atoms with Crippen molar-refractivity contribution in [3.05, 3.63) is 12.5 Å². The van der Waals surface area contributed by atoms with Gasteiger partial charge in [-0.3, -0.25) is 0 Å². The Bertz CT molecular complexity index is 397. The Morgan fingerprint density at radius 1 is 1.28 bits per heavy atom. The molecule has 1 aromatic heterocycles. The van der Waals surface area contributed by atoms with E-state index in [-0.39, 0.29) is 0 Å². The van der Waals surface area contributed by atoms with Crippen molar-refractivity contribution in [1.29, 1.82) is 0 Å². The molecule has 1 atom stereocenters. The molecule has 0 saturated carbocycles. The Morgan fingerprint density at radius 2 is 2.06 bits per heavy atom. The molecule has 1 aliphatic heterocycles. The fraction of sp³-hybridized carbons (Fsp3) is 0.714. The van der Waals surface area contributed by atoms with E-state index in [2.05, 4.69) is 35.6 Å². The molecular weight excluding hydrogens is 224 g/mol. The van der Waals surface area contributed by atoms with Crippen molar-refractivity contribution >= 4 is 11.5 Å². The van der Waals surface area contributed by atoms with Crippen LogP contribution in [0.1, 0.15) is 40.0 Å². The molecule has 0 bridgehead atoms. The maximum Gasteiger partial charge on any atom is 0.155 e. The first-order valence-electron chi connectivity index (χ1n) is 6.79. The van der Waals surface area contributed by atoms with Gasteiger partial charge in [0.05, 0.1) is 11.9 Å². The van der Waals surface area contributed by atoms with Gasteiger partial charge in [0, 0.05) is 13.1 Å². The van der Waals surface area contributed by atoms with Gasteiger partial charge in [0.2, 0.25) is 0 Å². The van der Waals surface area contributed by atoms with Gasteiger partial charge in [-0.2, -0.15) is 0 Å². The van der Waals surface area contributed by atoms with E-state index < -0.39 is 0 Å². The van der Waals surface area contributed by atoms with Gasteiger partial charge in [-0.05, 0) is 30.6 Å². The van der Waals surface area contributed by atoms with Crippen LogP contribution >= 0.6 is 0 Å². The van der Waals surface area contributed by atoms with E-state index in [9.17, 15) is 0 Å². The highest BCUT2D eigenvalue weighted by Gasteiger charge is 2.27. The maximum atomic E-state index is 5.96. The van der Waals surface area contributed by atoms with Crippen LogP contribution in [0.15, 0.2) is 12.5 Å². The predicted octanol–water partition coefficient (Wildman–Crippen LogP) is 2.71. The third kappa shape index (κ3) is 2.92. The van der Waals surface area contributed by atoms with Crippen LogP contribution in [0.25, 0.3) is 0 Å². The molecule has 18 heavy (non-hydrogen) atoms. The predicted molar refractivity (Wildman–Crippen MR) is 75.5 cm³/mol. The number of rotatable bonds is 1. The molecule has 0 aliphatic carbocycles. The molecule has 4 nitrogen and oxygen atoms in total. The lowest BCUT2D eigenvalue weighted by molar-refractivity contribution is 0.220. The van der Waals surface area contributed by atoms with E-state index in [4.69, 9.17) is 5.73 Å². The van der Waals surface area contributed by atoms with Crippen LogP contribution in [0.3, 0.4) is 0 Å². The number of nitrogens with zero attached hydrogens (tertiary/aromatic N) is 3. The SMILES string of the molecule is CC(C)(C)C1CCCN(c2ncncc2N)CC1. The summed E-state index contributed by atoms with van der Waals surface area (Å²) in [6, 6.07) is 0. The Morgan fingerprint density at radius 3 is 2.72 bits per heavy atom. The second-order valence-corrected chi connectivity index (χ2v) is 6.28. The first kappa shape index (κ1) is 13.1. The highest BCUT2D eigenvalue weighted by Crippen LogP contribution is 2.35. The zero-order valence-corrected chi connectivity index (χ0v) is 11.7. The molecular formula is C14H24N4. The molecule has 1 unspecified atom stereocenters. The molecule has 0 radical (unpaired) electrons. The molecule has 2 N–H and O–H groups in total. The van der Waals surface area contributed by atoms with Gasteiger partial charge < -0.3 is 10.6 Å². The topological polar surface area (TPSA) is 55.0 Å². The molecule has 1 saturated heterocycles. The second-order valence-electron chi connectivity index (χ2n) is 6.28. The normalized spacial score (nSPS) is 21.7. The molecule has 0 spiro atoms. The number of aromatic nitrogens is 2. The minimum absolute atomic E-state index is 0.396. The van der Waals surface area contributed by atoms with Gasteiger partial charge in [-0.25, -0.2) is 9.97 Å². The van der Waals surface area contributed by atoms with E-state index >= 15 is 0 Å². The van der Waals surface area contributed by atoms with Crippen LogP contribution in [0.4, 0.5) is 11.5 Å². The number of hydrogen-bond acceptors (Lipinski definition) is 4. The Labute approximate surface area is 110 Å². The summed E-state index contributed by atoms with van der Waals surface area (Å²) in [5.74, 6) is 1.69. The van der Waals surface area contributed by atoms with Gasteiger partial charge in [0.15, 0.2) is 5.82 Å². The number of nitrogens with two attached hydrogens (primary N) is 1. The summed E-state index contributed by atoms with van der Waals surface area (Å²) in [5, 5.41) is 0. The lowest BCUT2D eigenvalue weighted by Crippen LogP contribution is -2.27. The lowest BCUT2D eigenvalue weighted by atomic mass is 9.77. The van der Waals surface area contributed by atoms with Gasteiger partial charge in [-0.15, -0.1) is 0 Å². The van der Waals surface area contributed by atoms with Crippen molar-refractivity contribution in [2.75, 3.05) is 23.7 Å². The third-order valence-corrected chi connectivity index (χ3v) is 3.97.